The lowest BCUT2D eigenvalue weighted by Crippen LogP contribution is -1.95. The smallest absolute Gasteiger partial charge is 0.176 e. The molecule has 2 aromatic carbocycles. The molecule has 0 amide bonds. The summed E-state index contributed by atoms with van der Waals surface area (Å²) >= 11 is 3.50. The Balaban J connectivity index is 2.20. The lowest BCUT2D eigenvalue weighted by atomic mass is 10.0. The molecule has 0 atom stereocenters. The van der Waals surface area contributed by atoms with Gasteiger partial charge in [-0.3, -0.25) is 0 Å². The molecule has 5 nitrogen and oxygen atoms in total. The van der Waals surface area contributed by atoms with E-state index in [1.807, 2.05) is 36.4 Å². The SMILES string of the molecule is COc1cccc(-c2onc(-c3ccccc3Br)c2CO)c1OC. The van der Waals surface area contributed by atoms with Gasteiger partial charge in [0.25, 0.3) is 0 Å². The minimum absolute atomic E-state index is 0.212. The Morgan fingerprint density at radius 1 is 1.04 bits per heavy atom. The monoisotopic (exact) mass is 389 g/mol. The van der Waals surface area contributed by atoms with Gasteiger partial charge >= 0.3 is 0 Å². The standard InChI is InChI=1S/C18H16BrNO4/c1-22-15-9-5-7-12(18(15)23-2)17-13(10-21)16(20-24-17)11-6-3-4-8-14(11)19/h3-9,21H,10H2,1-2H3. The molecule has 3 aromatic rings. The molecule has 1 aromatic heterocycles. The number of ether oxygens (including phenoxy) is 2. The maximum absolute atomic E-state index is 9.90. The number of aliphatic hydroxyl groups is 1. The second kappa shape index (κ2) is 7.07. The molecule has 0 fully saturated rings. The van der Waals surface area contributed by atoms with Crippen LogP contribution in [0.5, 0.6) is 11.5 Å². The van der Waals surface area contributed by atoms with Gasteiger partial charge in [0, 0.05) is 10.0 Å². The van der Waals surface area contributed by atoms with E-state index in [9.17, 15) is 5.11 Å². The van der Waals surface area contributed by atoms with Crippen LogP contribution in [-0.2, 0) is 6.61 Å². The first-order valence-electron chi connectivity index (χ1n) is 7.27. The molecular formula is C18H16BrNO4. The molecule has 0 aliphatic rings. The van der Waals surface area contributed by atoms with Gasteiger partial charge in [0.1, 0.15) is 5.69 Å². The molecule has 6 heteroatoms. The number of rotatable bonds is 5. The Morgan fingerprint density at radius 2 is 1.79 bits per heavy atom. The number of methoxy groups -OCH3 is 2. The van der Waals surface area contributed by atoms with Gasteiger partial charge in [-0.25, -0.2) is 0 Å². The van der Waals surface area contributed by atoms with Gasteiger partial charge in [0.2, 0.25) is 0 Å². The van der Waals surface area contributed by atoms with Crippen molar-refractivity contribution in [2.75, 3.05) is 14.2 Å². The number of hydrogen-bond donors (Lipinski definition) is 1. The number of aromatic nitrogens is 1. The van der Waals surface area contributed by atoms with E-state index in [1.54, 1.807) is 20.3 Å². The largest absolute Gasteiger partial charge is 0.493 e. The highest BCUT2D eigenvalue weighted by atomic mass is 79.9. The molecule has 1 N–H and O–H groups in total. The fourth-order valence-electron chi connectivity index (χ4n) is 2.60. The van der Waals surface area contributed by atoms with Crippen molar-refractivity contribution in [3.8, 4) is 34.1 Å². The van der Waals surface area contributed by atoms with Crippen molar-refractivity contribution >= 4 is 15.9 Å². The van der Waals surface area contributed by atoms with E-state index in [4.69, 9.17) is 14.0 Å². The molecule has 0 bridgehead atoms. The first kappa shape index (κ1) is 16.5. The second-order valence-electron chi connectivity index (χ2n) is 5.02. The summed E-state index contributed by atoms with van der Waals surface area (Å²) in [7, 11) is 3.13. The van der Waals surface area contributed by atoms with Crippen LogP contribution in [0, 0.1) is 0 Å². The number of benzene rings is 2. The molecular weight excluding hydrogens is 374 g/mol. The van der Waals surface area contributed by atoms with E-state index < -0.39 is 0 Å². The fourth-order valence-corrected chi connectivity index (χ4v) is 3.07. The number of para-hydroxylation sites is 1. The maximum atomic E-state index is 9.90. The van der Waals surface area contributed by atoms with Crippen LogP contribution in [0.4, 0.5) is 0 Å². The van der Waals surface area contributed by atoms with Gasteiger partial charge in [-0.2, -0.15) is 0 Å². The van der Waals surface area contributed by atoms with Crippen LogP contribution in [-0.4, -0.2) is 24.5 Å². The van der Waals surface area contributed by atoms with Crippen molar-refractivity contribution in [1.82, 2.24) is 5.16 Å². The van der Waals surface area contributed by atoms with E-state index in [2.05, 4.69) is 21.1 Å². The van der Waals surface area contributed by atoms with Crippen molar-refractivity contribution in [2.24, 2.45) is 0 Å². The van der Waals surface area contributed by atoms with Crippen LogP contribution >= 0.6 is 15.9 Å². The summed E-state index contributed by atoms with van der Waals surface area (Å²) in [5, 5.41) is 14.1. The van der Waals surface area contributed by atoms with Gasteiger partial charge in [-0.15, -0.1) is 0 Å². The number of nitrogens with zero attached hydrogens (tertiary/aromatic N) is 1. The van der Waals surface area contributed by atoms with Crippen molar-refractivity contribution < 1.29 is 19.1 Å². The molecule has 3 rings (SSSR count). The minimum atomic E-state index is -0.212. The van der Waals surface area contributed by atoms with Crippen molar-refractivity contribution in [3.63, 3.8) is 0 Å². The van der Waals surface area contributed by atoms with E-state index in [-0.39, 0.29) is 6.61 Å². The highest BCUT2D eigenvalue weighted by molar-refractivity contribution is 9.10. The lowest BCUT2D eigenvalue weighted by molar-refractivity contribution is 0.281. The molecule has 0 radical (unpaired) electrons. The van der Waals surface area contributed by atoms with Gasteiger partial charge < -0.3 is 19.1 Å². The predicted molar refractivity (Wildman–Crippen MR) is 94.1 cm³/mol. The Labute approximate surface area is 147 Å². The molecule has 0 aliphatic carbocycles. The summed E-state index contributed by atoms with van der Waals surface area (Å²) in [4.78, 5) is 0. The van der Waals surface area contributed by atoms with Crippen molar-refractivity contribution in [3.05, 3.63) is 52.5 Å². The Morgan fingerprint density at radius 3 is 2.46 bits per heavy atom. The van der Waals surface area contributed by atoms with E-state index >= 15 is 0 Å². The normalized spacial score (nSPS) is 10.7. The highest BCUT2D eigenvalue weighted by Crippen LogP contribution is 2.42. The van der Waals surface area contributed by atoms with Crippen LogP contribution in [0.2, 0.25) is 0 Å². The van der Waals surface area contributed by atoms with E-state index in [0.717, 1.165) is 10.0 Å². The Hall–Kier alpha value is -2.31. The third kappa shape index (κ3) is 2.79. The maximum Gasteiger partial charge on any atom is 0.176 e. The molecule has 0 aliphatic heterocycles. The van der Waals surface area contributed by atoms with Crippen LogP contribution in [0.25, 0.3) is 22.6 Å². The zero-order chi connectivity index (χ0) is 17.1. The van der Waals surface area contributed by atoms with Crippen molar-refractivity contribution in [2.45, 2.75) is 6.61 Å². The second-order valence-corrected chi connectivity index (χ2v) is 5.87. The molecule has 0 saturated heterocycles. The van der Waals surface area contributed by atoms with E-state index in [0.29, 0.717) is 34.1 Å². The number of aliphatic hydroxyl groups excluding tert-OH is 1. The molecule has 124 valence electrons. The third-order valence-corrected chi connectivity index (χ3v) is 4.41. The van der Waals surface area contributed by atoms with Gasteiger partial charge in [-0.1, -0.05) is 45.4 Å². The summed E-state index contributed by atoms with van der Waals surface area (Å²) in [5.74, 6) is 1.57. The summed E-state index contributed by atoms with van der Waals surface area (Å²) in [6, 6.07) is 13.1. The van der Waals surface area contributed by atoms with Gasteiger partial charge in [-0.05, 0) is 18.2 Å². The Bertz CT molecular complexity index is 860. The number of halogens is 1. The van der Waals surface area contributed by atoms with Crippen LogP contribution in [0.15, 0.2) is 51.5 Å². The molecule has 24 heavy (non-hydrogen) atoms. The summed E-state index contributed by atoms with van der Waals surface area (Å²) in [5.41, 5.74) is 2.70. The topological polar surface area (TPSA) is 64.7 Å². The average Bonchev–Trinajstić information content (AvgIpc) is 3.04. The first-order chi connectivity index (χ1) is 11.7. The summed E-state index contributed by atoms with van der Waals surface area (Å²) in [6.45, 7) is -0.212. The van der Waals surface area contributed by atoms with Gasteiger partial charge in [0.15, 0.2) is 17.3 Å². The highest BCUT2D eigenvalue weighted by Gasteiger charge is 2.23. The number of hydrogen-bond acceptors (Lipinski definition) is 5. The van der Waals surface area contributed by atoms with Crippen molar-refractivity contribution in [1.29, 1.82) is 0 Å². The quantitative estimate of drug-likeness (QED) is 0.705. The lowest BCUT2D eigenvalue weighted by Gasteiger charge is -2.11. The van der Waals surface area contributed by atoms with E-state index in [1.165, 1.54) is 0 Å². The average molecular weight is 390 g/mol. The minimum Gasteiger partial charge on any atom is -0.493 e. The zero-order valence-corrected chi connectivity index (χ0v) is 14.8. The van der Waals surface area contributed by atoms with Crippen LogP contribution in [0.3, 0.4) is 0 Å². The molecule has 0 unspecified atom stereocenters. The van der Waals surface area contributed by atoms with Crippen LogP contribution in [0.1, 0.15) is 5.56 Å². The fraction of sp³-hybridized carbons (Fsp3) is 0.167. The third-order valence-electron chi connectivity index (χ3n) is 3.72. The first-order valence-corrected chi connectivity index (χ1v) is 8.06. The predicted octanol–water partition coefficient (Wildman–Crippen LogP) is 4.28. The summed E-state index contributed by atoms with van der Waals surface area (Å²) < 4.78 is 17.2. The molecule has 0 saturated carbocycles. The Kier molecular flexibility index (Phi) is 4.87. The summed E-state index contributed by atoms with van der Waals surface area (Å²) in [6.07, 6.45) is 0. The van der Waals surface area contributed by atoms with Crippen LogP contribution < -0.4 is 9.47 Å². The molecule has 0 spiro atoms. The molecule has 1 heterocycles. The van der Waals surface area contributed by atoms with Gasteiger partial charge in [0.05, 0.1) is 32.0 Å². The zero-order valence-electron chi connectivity index (χ0n) is 13.2.